The van der Waals surface area contributed by atoms with Gasteiger partial charge in [0.1, 0.15) is 11.6 Å². The highest BCUT2D eigenvalue weighted by Crippen LogP contribution is 2.46. The molecule has 1 nitrogen and oxygen atoms in total. The van der Waals surface area contributed by atoms with E-state index in [-0.39, 0.29) is 11.2 Å². The van der Waals surface area contributed by atoms with Gasteiger partial charge < -0.3 is 4.90 Å². The Morgan fingerprint density at radius 1 is 1.18 bits per heavy atom. The van der Waals surface area contributed by atoms with Crippen molar-refractivity contribution >= 4 is 5.69 Å². The molecule has 0 fully saturated rings. The minimum Gasteiger partial charge on any atom is -0.371 e. The third-order valence-corrected chi connectivity index (χ3v) is 4.13. The number of nitrogens with zero attached hydrogens (tertiary/aromatic N) is 1. The molecule has 1 aliphatic rings. The Hall–Kier alpha value is -1.12. The molecule has 2 rings (SSSR count). The van der Waals surface area contributed by atoms with E-state index in [1.807, 2.05) is 6.92 Å². The molecular formula is C14H19F2N. The third kappa shape index (κ3) is 1.72. The number of benzene rings is 1. The van der Waals surface area contributed by atoms with Crippen LogP contribution in [-0.4, -0.2) is 13.1 Å². The Morgan fingerprint density at radius 3 is 2.35 bits per heavy atom. The number of hydrogen-bond donors (Lipinski definition) is 0. The van der Waals surface area contributed by atoms with Crippen molar-refractivity contribution in [2.75, 3.05) is 18.0 Å². The van der Waals surface area contributed by atoms with E-state index in [0.717, 1.165) is 37.7 Å². The number of fused-ring (bicyclic) bond motifs is 1. The van der Waals surface area contributed by atoms with E-state index in [0.29, 0.717) is 5.56 Å². The van der Waals surface area contributed by atoms with Crippen LogP contribution in [0.1, 0.15) is 39.2 Å². The molecule has 1 aromatic carbocycles. The quantitative estimate of drug-likeness (QED) is 0.774. The summed E-state index contributed by atoms with van der Waals surface area (Å²) in [6.07, 6.45) is 1.77. The zero-order valence-corrected chi connectivity index (χ0v) is 10.7. The van der Waals surface area contributed by atoms with Gasteiger partial charge in [0.05, 0.1) is 0 Å². The Bertz CT molecular complexity index is 424. The number of rotatable bonds is 3. The molecule has 1 heterocycles. The summed E-state index contributed by atoms with van der Waals surface area (Å²) in [6.45, 7) is 7.77. The Morgan fingerprint density at radius 2 is 1.82 bits per heavy atom. The lowest BCUT2D eigenvalue weighted by Crippen LogP contribution is -2.32. The van der Waals surface area contributed by atoms with Crippen molar-refractivity contribution in [3.63, 3.8) is 0 Å². The number of hydrogen-bond acceptors (Lipinski definition) is 1. The normalized spacial score (nSPS) is 17.4. The molecule has 0 saturated carbocycles. The van der Waals surface area contributed by atoms with E-state index in [4.69, 9.17) is 0 Å². The van der Waals surface area contributed by atoms with Gasteiger partial charge in [0.25, 0.3) is 0 Å². The first-order chi connectivity index (χ1) is 8.07. The second kappa shape index (κ2) is 4.28. The zero-order chi connectivity index (χ0) is 12.6. The van der Waals surface area contributed by atoms with E-state index in [2.05, 4.69) is 18.7 Å². The van der Waals surface area contributed by atoms with Gasteiger partial charge in [-0.25, -0.2) is 8.78 Å². The van der Waals surface area contributed by atoms with Gasteiger partial charge in [0, 0.05) is 35.8 Å². The Labute approximate surface area is 101 Å². The van der Waals surface area contributed by atoms with Crippen LogP contribution in [0.15, 0.2) is 12.1 Å². The van der Waals surface area contributed by atoms with E-state index < -0.39 is 5.82 Å². The standard InChI is InChI=1S/C14H19F2N/c1-4-14(5-2)9-17(6-3)12-8-10(15)7-11(16)13(12)14/h7-8H,4-6,9H2,1-3H3. The lowest BCUT2D eigenvalue weighted by atomic mass is 9.77. The molecule has 0 atom stereocenters. The van der Waals surface area contributed by atoms with Crippen molar-refractivity contribution in [1.29, 1.82) is 0 Å². The summed E-state index contributed by atoms with van der Waals surface area (Å²) in [5, 5.41) is 0. The largest absolute Gasteiger partial charge is 0.371 e. The summed E-state index contributed by atoms with van der Waals surface area (Å²) >= 11 is 0. The van der Waals surface area contributed by atoms with Crippen molar-refractivity contribution in [2.24, 2.45) is 0 Å². The van der Waals surface area contributed by atoms with Gasteiger partial charge in [0.15, 0.2) is 0 Å². The summed E-state index contributed by atoms with van der Waals surface area (Å²) in [7, 11) is 0. The van der Waals surface area contributed by atoms with E-state index >= 15 is 0 Å². The molecule has 0 N–H and O–H groups in total. The molecule has 0 unspecified atom stereocenters. The van der Waals surface area contributed by atoms with Crippen LogP contribution >= 0.6 is 0 Å². The molecule has 94 valence electrons. The molecule has 0 amide bonds. The van der Waals surface area contributed by atoms with Crippen molar-refractivity contribution in [3.05, 3.63) is 29.3 Å². The van der Waals surface area contributed by atoms with Gasteiger partial charge >= 0.3 is 0 Å². The number of halogens is 2. The minimum atomic E-state index is -0.484. The van der Waals surface area contributed by atoms with E-state index in [9.17, 15) is 8.78 Å². The lowest BCUT2D eigenvalue weighted by Gasteiger charge is -2.28. The zero-order valence-electron chi connectivity index (χ0n) is 10.7. The fourth-order valence-electron chi connectivity index (χ4n) is 2.97. The first kappa shape index (κ1) is 12.3. The van der Waals surface area contributed by atoms with E-state index in [1.54, 1.807) is 0 Å². The summed E-state index contributed by atoms with van der Waals surface area (Å²) in [6, 6.07) is 2.48. The molecule has 0 spiro atoms. The van der Waals surface area contributed by atoms with Crippen LogP contribution in [0.2, 0.25) is 0 Å². The van der Waals surface area contributed by atoms with Gasteiger partial charge in [-0.2, -0.15) is 0 Å². The molecule has 17 heavy (non-hydrogen) atoms. The highest BCUT2D eigenvalue weighted by Gasteiger charge is 2.42. The van der Waals surface area contributed by atoms with Gasteiger partial charge in [0.2, 0.25) is 0 Å². The maximum atomic E-state index is 14.1. The average molecular weight is 239 g/mol. The van der Waals surface area contributed by atoms with Crippen molar-refractivity contribution < 1.29 is 8.78 Å². The number of likely N-dealkylation sites (N-methyl/N-ethyl adjacent to an activating group) is 1. The predicted octanol–water partition coefficient (Wildman–Crippen LogP) is 3.86. The van der Waals surface area contributed by atoms with Crippen LogP contribution in [0.4, 0.5) is 14.5 Å². The summed E-state index contributed by atoms with van der Waals surface area (Å²) < 4.78 is 27.4. The average Bonchev–Trinajstić information content (AvgIpc) is 2.63. The summed E-state index contributed by atoms with van der Waals surface area (Å²) in [4.78, 5) is 2.08. The molecule has 1 aliphatic heterocycles. The first-order valence-corrected chi connectivity index (χ1v) is 6.32. The second-order valence-corrected chi connectivity index (χ2v) is 4.78. The van der Waals surface area contributed by atoms with Crippen LogP contribution in [0.5, 0.6) is 0 Å². The van der Waals surface area contributed by atoms with Gasteiger partial charge in [-0.3, -0.25) is 0 Å². The Balaban J connectivity index is 2.64. The van der Waals surface area contributed by atoms with Crippen molar-refractivity contribution in [2.45, 2.75) is 39.0 Å². The fraction of sp³-hybridized carbons (Fsp3) is 0.571. The molecule has 0 aliphatic carbocycles. The van der Waals surface area contributed by atoms with Crippen LogP contribution < -0.4 is 4.90 Å². The molecular weight excluding hydrogens is 220 g/mol. The maximum Gasteiger partial charge on any atom is 0.132 e. The molecule has 3 heteroatoms. The van der Waals surface area contributed by atoms with Gasteiger partial charge in [-0.05, 0) is 25.8 Å². The smallest absolute Gasteiger partial charge is 0.132 e. The van der Waals surface area contributed by atoms with Gasteiger partial charge in [-0.1, -0.05) is 13.8 Å². The van der Waals surface area contributed by atoms with Crippen LogP contribution in [0.25, 0.3) is 0 Å². The predicted molar refractivity (Wildman–Crippen MR) is 66.5 cm³/mol. The topological polar surface area (TPSA) is 3.24 Å². The first-order valence-electron chi connectivity index (χ1n) is 6.32. The second-order valence-electron chi connectivity index (χ2n) is 4.78. The molecule has 0 radical (unpaired) electrons. The van der Waals surface area contributed by atoms with Crippen LogP contribution in [-0.2, 0) is 5.41 Å². The minimum absolute atomic E-state index is 0.150. The fourth-order valence-corrected chi connectivity index (χ4v) is 2.97. The van der Waals surface area contributed by atoms with Crippen LogP contribution in [0.3, 0.4) is 0 Å². The van der Waals surface area contributed by atoms with Gasteiger partial charge in [-0.15, -0.1) is 0 Å². The molecule has 1 aromatic rings. The summed E-state index contributed by atoms with van der Waals surface area (Å²) in [5.41, 5.74) is 1.31. The monoisotopic (exact) mass is 239 g/mol. The van der Waals surface area contributed by atoms with E-state index in [1.165, 1.54) is 6.07 Å². The highest BCUT2D eigenvalue weighted by atomic mass is 19.1. The van der Waals surface area contributed by atoms with Crippen molar-refractivity contribution in [1.82, 2.24) is 0 Å². The molecule has 0 saturated heterocycles. The lowest BCUT2D eigenvalue weighted by molar-refractivity contribution is 0.403. The third-order valence-electron chi connectivity index (χ3n) is 4.13. The molecule has 0 aromatic heterocycles. The molecule has 0 bridgehead atoms. The highest BCUT2D eigenvalue weighted by molar-refractivity contribution is 5.63. The summed E-state index contributed by atoms with van der Waals surface area (Å²) in [5.74, 6) is -0.873. The number of anilines is 1. The van der Waals surface area contributed by atoms with Crippen LogP contribution in [0, 0.1) is 11.6 Å². The SMILES string of the molecule is CCN1CC(CC)(CC)c2c(F)cc(F)cc21. The van der Waals surface area contributed by atoms with Crippen molar-refractivity contribution in [3.8, 4) is 0 Å². The Kier molecular flexibility index (Phi) is 3.11. The maximum absolute atomic E-state index is 14.1.